The Labute approximate surface area is 117 Å². The van der Waals surface area contributed by atoms with Gasteiger partial charge in [0.1, 0.15) is 5.60 Å². The van der Waals surface area contributed by atoms with E-state index in [2.05, 4.69) is 27.7 Å². The maximum absolute atomic E-state index is 11.5. The van der Waals surface area contributed by atoms with Crippen LogP contribution in [-0.2, 0) is 9.53 Å². The molecule has 2 bridgehead atoms. The molecule has 3 aliphatic carbocycles. The fourth-order valence-corrected chi connectivity index (χ4v) is 6.27. The number of fused-ring (bicyclic) bond motifs is 4. The number of carbonyl (C=O) groups is 1. The summed E-state index contributed by atoms with van der Waals surface area (Å²) in [5.74, 6) is 3.77. The monoisotopic (exact) mass is 264 g/mol. The largest absolute Gasteiger partial charge is 0.459 e. The first kappa shape index (κ1) is 13.5. The van der Waals surface area contributed by atoms with Crippen molar-refractivity contribution in [2.24, 2.45) is 35.0 Å². The number of esters is 1. The minimum atomic E-state index is -0.218. The average Bonchev–Trinajstić information content (AvgIpc) is 2.76. The smallest absolute Gasteiger partial charge is 0.303 e. The van der Waals surface area contributed by atoms with Crippen LogP contribution in [0.5, 0.6) is 0 Å². The predicted molar refractivity (Wildman–Crippen MR) is 75.5 cm³/mol. The summed E-state index contributed by atoms with van der Waals surface area (Å²) in [7, 11) is 0. The summed E-state index contributed by atoms with van der Waals surface area (Å²) in [5, 5.41) is 0. The van der Waals surface area contributed by atoms with E-state index < -0.39 is 0 Å². The predicted octanol–water partition coefficient (Wildman–Crippen LogP) is 4.04. The molecule has 3 aliphatic rings. The molecule has 19 heavy (non-hydrogen) atoms. The summed E-state index contributed by atoms with van der Waals surface area (Å²) in [6.45, 7) is 11.0. The highest BCUT2D eigenvalue weighted by molar-refractivity contribution is 5.66. The highest BCUT2D eigenvalue weighted by Gasteiger charge is 2.63. The second kappa shape index (κ2) is 3.99. The van der Waals surface area contributed by atoms with E-state index in [0.717, 1.165) is 30.1 Å². The Morgan fingerprint density at radius 1 is 1.21 bits per heavy atom. The van der Waals surface area contributed by atoms with Crippen LogP contribution in [0.1, 0.15) is 60.3 Å². The maximum atomic E-state index is 11.5. The molecule has 0 spiro atoms. The summed E-state index contributed by atoms with van der Waals surface area (Å²) >= 11 is 0. The van der Waals surface area contributed by atoms with E-state index in [-0.39, 0.29) is 11.6 Å². The summed E-state index contributed by atoms with van der Waals surface area (Å²) in [5.41, 5.74) is 0.0939. The molecule has 0 aromatic heterocycles. The van der Waals surface area contributed by atoms with Crippen molar-refractivity contribution in [1.82, 2.24) is 0 Å². The fourth-order valence-electron chi connectivity index (χ4n) is 6.27. The van der Waals surface area contributed by atoms with Gasteiger partial charge in [-0.1, -0.05) is 27.2 Å². The fraction of sp³-hybridized carbons (Fsp3) is 0.941. The zero-order chi connectivity index (χ0) is 14.0. The van der Waals surface area contributed by atoms with E-state index >= 15 is 0 Å². The average molecular weight is 264 g/mol. The maximum Gasteiger partial charge on any atom is 0.303 e. The van der Waals surface area contributed by atoms with Crippen molar-refractivity contribution >= 4 is 5.97 Å². The molecule has 3 rings (SSSR count). The Balaban J connectivity index is 1.96. The minimum absolute atomic E-state index is 0.107. The molecule has 0 saturated heterocycles. The van der Waals surface area contributed by atoms with E-state index in [1.807, 2.05) is 0 Å². The van der Waals surface area contributed by atoms with Gasteiger partial charge in [-0.25, -0.2) is 0 Å². The molecule has 0 amide bonds. The zero-order valence-corrected chi connectivity index (χ0v) is 13.0. The second-order valence-corrected chi connectivity index (χ2v) is 8.22. The van der Waals surface area contributed by atoms with Gasteiger partial charge in [0.05, 0.1) is 0 Å². The third kappa shape index (κ3) is 1.78. The standard InChI is InChI=1S/C17H28O2/c1-10-6-7-13-15(10)12-8-14(16(13,3)4)17(5,9-12)19-11(2)18/h10,12-15H,6-9H2,1-5H3/t10-,12?,13?,14?,15+,17+/m0/s1. The third-order valence-electron chi connectivity index (χ3n) is 6.77. The van der Waals surface area contributed by atoms with Crippen LogP contribution in [0.15, 0.2) is 0 Å². The van der Waals surface area contributed by atoms with Crippen LogP contribution in [0, 0.1) is 35.0 Å². The minimum Gasteiger partial charge on any atom is -0.459 e. The third-order valence-corrected chi connectivity index (χ3v) is 6.77. The molecule has 2 heteroatoms. The highest BCUT2D eigenvalue weighted by Crippen LogP contribution is 2.67. The molecule has 0 radical (unpaired) electrons. The summed E-state index contributed by atoms with van der Waals surface area (Å²) in [6, 6.07) is 0. The Bertz CT molecular complexity index is 400. The van der Waals surface area contributed by atoms with Gasteiger partial charge in [0.15, 0.2) is 0 Å². The highest BCUT2D eigenvalue weighted by atomic mass is 16.6. The van der Waals surface area contributed by atoms with Crippen molar-refractivity contribution < 1.29 is 9.53 Å². The topological polar surface area (TPSA) is 26.3 Å². The Morgan fingerprint density at radius 3 is 2.53 bits per heavy atom. The van der Waals surface area contributed by atoms with Crippen molar-refractivity contribution in [3.63, 3.8) is 0 Å². The zero-order valence-electron chi connectivity index (χ0n) is 13.0. The van der Waals surface area contributed by atoms with Crippen molar-refractivity contribution in [3.05, 3.63) is 0 Å². The number of hydrogen-bond donors (Lipinski definition) is 0. The lowest BCUT2D eigenvalue weighted by atomic mass is 9.57. The Morgan fingerprint density at radius 2 is 1.89 bits per heavy atom. The van der Waals surface area contributed by atoms with Crippen molar-refractivity contribution in [2.45, 2.75) is 65.9 Å². The Hall–Kier alpha value is -0.530. The molecule has 0 N–H and O–H groups in total. The molecule has 0 aromatic rings. The SMILES string of the molecule is CC(=O)O[C@]1(C)CC2CC1C(C)(C)C1CC[C@H](C)[C@H]21. The molecule has 3 fully saturated rings. The molecule has 0 aromatic carbocycles. The molecular weight excluding hydrogens is 236 g/mol. The summed E-state index contributed by atoms with van der Waals surface area (Å²) in [6.07, 6.45) is 5.13. The molecule has 3 unspecified atom stereocenters. The van der Waals surface area contributed by atoms with Gasteiger partial charge in [0.2, 0.25) is 0 Å². The first-order valence-electron chi connectivity index (χ1n) is 7.95. The van der Waals surface area contributed by atoms with Crippen molar-refractivity contribution in [1.29, 1.82) is 0 Å². The first-order valence-corrected chi connectivity index (χ1v) is 7.95. The molecular formula is C17H28O2. The molecule has 3 saturated carbocycles. The van der Waals surface area contributed by atoms with Crippen LogP contribution < -0.4 is 0 Å². The molecule has 6 atom stereocenters. The number of hydrogen-bond acceptors (Lipinski definition) is 2. The van der Waals surface area contributed by atoms with Gasteiger partial charge in [0, 0.05) is 12.8 Å². The van der Waals surface area contributed by atoms with E-state index in [9.17, 15) is 4.79 Å². The number of rotatable bonds is 1. The van der Waals surface area contributed by atoms with Gasteiger partial charge >= 0.3 is 5.97 Å². The number of ether oxygens (including phenoxy) is 1. The first-order chi connectivity index (χ1) is 8.75. The van der Waals surface area contributed by atoms with Gasteiger partial charge in [-0.2, -0.15) is 0 Å². The van der Waals surface area contributed by atoms with Gasteiger partial charge in [-0.05, 0) is 55.3 Å². The van der Waals surface area contributed by atoms with E-state index in [1.165, 1.54) is 19.3 Å². The van der Waals surface area contributed by atoms with Gasteiger partial charge in [-0.15, -0.1) is 0 Å². The van der Waals surface area contributed by atoms with Gasteiger partial charge in [-0.3, -0.25) is 4.79 Å². The van der Waals surface area contributed by atoms with E-state index in [0.29, 0.717) is 11.3 Å². The molecule has 2 nitrogen and oxygen atoms in total. The van der Waals surface area contributed by atoms with Crippen molar-refractivity contribution in [2.75, 3.05) is 0 Å². The van der Waals surface area contributed by atoms with Gasteiger partial charge in [0.25, 0.3) is 0 Å². The lowest BCUT2D eigenvalue weighted by Gasteiger charge is -2.49. The van der Waals surface area contributed by atoms with E-state index in [1.54, 1.807) is 6.92 Å². The van der Waals surface area contributed by atoms with Gasteiger partial charge < -0.3 is 4.74 Å². The summed E-state index contributed by atoms with van der Waals surface area (Å²) < 4.78 is 5.81. The lowest BCUT2D eigenvalue weighted by Crippen LogP contribution is -2.47. The Kier molecular flexibility index (Phi) is 2.82. The van der Waals surface area contributed by atoms with Crippen molar-refractivity contribution in [3.8, 4) is 0 Å². The normalized spacial score (nSPS) is 50.9. The second-order valence-electron chi connectivity index (χ2n) is 8.22. The van der Waals surface area contributed by atoms with Crippen LogP contribution >= 0.6 is 0 Å². The summed E-state index contributed by atoms with van der Waals surface area (Å²) in [4.78, 5) is 11.5. The van der Waals surface area contributed by atoms with Crippen LogP contribution in [0.2, 0.25) is 0 Å². The molecule has 108 valence electrons. The molecule has 0 aliphatic heterocycles. The van der Waals surface area contributed by atoms with E-state index in [4.69, 9.17) is 4.74 Å². The van der Waals surface area contributed by atoms with Crippen LogP contribution in [0.3, 0.4) is 0 Å². The quantitative estimate of drug-likeness (QED) is 0.668. The van der Waals surface area contributed by atoms with Crippen LogP contribution in [-0.4, -0.2) is 11.6 Å². The number of carbonyl (C=O) groups excluding carboxylic acids is 1. The lowest BCUT2D eigenvalue weighted by molar-refractivity contribution is -0.164. The van der Waals surface area contributed by atoms with Crippen LogP contribution in [0.25, 0.3) is 0 Å². The van der Waals surface area contributed by atoms with Crippen LogP contribution in [0.4, 0.5) is 0 Å². The molecule has 0 heterocycles.